The zero-order valence-corrected chi connectivity index (χ0v) is 6.78. The first-order valence-electron chi connectivity index (χ1n) is 3.31. The number of nitrogens with two attached hydrogens (primary N) is 1. The number of aliphatic hydroxyl groups excluding tert-OH is 1. The number of hydrogen-bond acceptors (Lipinski definition) is 2. The van der Waals surface area contributed by atoms with Crippen molar-refractivity contribution < 1.29 is 13.9 Å². The van der Waals surface area contributed by atoms with Crippen LogP contribution >= 0.6 is 12.4 Å². The lowest BCUT2D eigenvalue weighted by Crippen LogP contribution is -2.44. The first-order chi connectivity index (χ1) is 4.55. The highest BCUT2D eigenvalue weighted by Gasteiger charge is 2.47. The Bertz CT molecular complexity index is 126. The summed E-state index contributed by atoms with van der Waals surface area (Å²) in [6.07, 6.45) is -1.14. The summed E-state index contributed by atoms with van der Waals surface area (Å²) < 4.78 is 24.3. The van der Waals surface area contributed by atoms with Crippen molar-refractivity contribution in [1.82, 2.24) is 0 Å². The van der Waals surface area contributed by atoms with Crippen LogP contribution in [0.15, 0.2) is 0 Å². The fourth-order valence-electron chi connectivity index (χ4n) is 1.17. The smallest absolute Gasteiger partial charge is 0.248 e. The Balaban J connectivity index is 0.000001000. The Labute approximate surface area is 70.2 Å². The SMILES string of the molecule is Cl.NCC(O)C1CC(F)(F)C1. The number of hydrogen-bond donors (Lipinski definition) is 2. The Morgan fingerprint density at radius 2 is 2.00 bits per heavy atom. The van der Waals surface area contributed by atoms with E-state index in [0.29, 0.717) is 0 Å². The third kappa shape index (κ3) is 2.54. The lowest BCUT2D eigenvalue weighted by molar-refractivity contribution is -0.139. The summed E-state index contributed by atoms with van der Waals surface area (Å²) >= 11 is 0. The van der Waals surface area contributed by atoms with E-state index < -0.39 is 12.0 Å². The van der Waals surface area contributed by atoms with Gasteiger partial charge < -0.3 is 10.8 Å². The number of halogens is 3. The van der Waals surface area contributed by atoms with Gasteiger partial charge in [-0.1, -0.05) is 0 Å². The molecule has 1 rings (SSSR count). The predicted octanol–water partition coefficient (Wildman–Crippen LogP) is 0.773. The molecule has 0 aromatic carbocycles. The van der Waals surface area contributed by atoms with Crippen LogP contribution in [0.3, 0.4) is 0 Å². The lowest BCUT2D eigenvalue weighted by Gasteiger charge is -2.37. The highest BCUT2D eigenvalue weighted by molar-refractivity contribution is 5.85. The van der Waals surface area contributed by atoms with Gasteiger partial charge in [-0.3, -0.25) is 0 Å². The van der Waals surface area contributed by atoms with Gasteiger partial charge in [0.1, 0.15) is 0 Å². The molecule has 2 nitrogen and oxygen atoms in total. The van der Waals surface area contributed by atoms with Gasteiger partial charge >= 0.3 is 0 Å². The minimum absolute atomic E-state index is 0. The van der Waals surface area contributed by atoms with Crippen molar-refractivity contribution in [3.05, 3.63) is 0 Å². The molecular weight excluding hydrogens is 176 g/mol. The summed E-state index contributed by atoms with van der Waals surface area (Å²) in [6, 6.07) is 0. The Hall–Kier alpha value is 0.0700. The zero-order chi connectivity index (χ0) is 7.78. The molecule has 1 saturated carbocycles. The zero-order valence-electron chi connectivity index (χ0n) is 5.96. The van der Waals surface area contributed by atoms with E-state index in [4.69, 9.17) is 10.8 Å². The van der Waals surface area contributed by atoms with Crippen LogP contribution in [0.5, 0.6) is 0 Å². The van der Waals surface area contributed by atoms with Gasteiger partial charge in [0.05, 0.1) is 6.10 Å². The van der Waals surface area contributed by atoms with Gasteiger partial charge in [0.15, 0.2) is 0 Å². The van der Waals surface area contributed by atoms with Gasteiger partial charge in [-0.25, -0.2) is 8.78 Å². The molecule has 0 bridgehead atoms. The monoisotopic (exact) mass is 187 g/mol. The summed E-state index contributed by atoms with van der Waals surface area (Å²) in [7, 11) is 0. The molecule has 0 aliphatic heterocycles. The summed E-state index contributed by atoms with van der Waals surface area (Å²) in [6.45, 7) is 0.0841. The van der Waals surface area contributed by atoms with E-state index in [1.54, 1.807) is 0 Å². The molecule has 0 radical (unpaired) electrons. The quantitative estimate of drug-likeness (QED) is 0.671. The third-order valence-corrected chi connectivity index (χ3v) is 1.91. The van der Waals surface area contributed by atoms with Crippen LogP contribution < -0.4 is 5.73 Å². The standard InChI is InChI=1S/C6H11F2NO.ClH/c7-6(8)1-4(2-6)5(10)3-9;/h4-5,10H,1-3,9H2;1H. The van der Waals surface area contributed by atoms with Crippen LogP contribution in [0.2, 0.25) is 0 Å². The molecule has 5 heteroatoms. The normalized spacial score (nSPS) is 25.1. The second-order valence-corrected chi connectivity index (χ2v) is 2.83. The largest absolute Gasteiger partial charge is 0.392 e. The first kappa shape index (κ1) is 11.1. The Kier molecular flexibility index (Phi) is 3.67. The minimum atomic E-state index is -2.54. The van der Waals surface area contributed by atoms with Gasteiger partial charge in [-0.05, 0) is 5.92 Å². The maximum atomic E-state index is 12.1. The second-order valence-electron chi connectivity index (χ2n) is 2.83. The van der Waals surface area contributed by atoms with E-state index in [1.807, 2.05) is 0 Å². The van der Waals surface area contributed by atoms with Gasteiger partial charge in [0.25, 0.3) is 0 Å². The number of aliphatic hydroxyl groups is 1. The van der Waals surface area contributed by atoms with E-state index in [2.05, 4.69) is 0 Å². The molecule has 1 aliphatic rings. The van der Waals surface area contributed by atoms with Crippen LogP contribution in [0.1, 0.15) is 12.8 Å². The van der Waals surface area contributed by atoms with Crippen molar-refractivity contribution in [1.29, 1.82) is 0 Å². The van der Waals surface area contributed by atoms with E-state index in [9.17, 15) is 8.78 Å². The summed E-state index contributed by atoms with van der Waals surface area (Å²) in [5, 5.41) is 8.95. The van der Waals surface area contributed by atoms with Crippen molar-refractivity contribution in [2.75, 3.05) is 6.54 Å². The summed E-state index contributed by atoms with van der Waals surface area (Å²) in [5.74, 6) is -2.82. The molecule has 0 aromatic rings. The first-order valence-corrected chi connectivity index (χ1v) is 3.31. The molecule has 0 spiro atoms. The average molecular weight is 188 g/mol. The van der Waals surface area contributed by atoms with Crippen LogP contribution in [0.4, 0.5) is 8.78 Å². The molecule has 3 N–H and O–H groups in total. The van der Waals surface area contributed by atoms with E-state index in [0.717, 1.165) is 0 Å². The third-order valence-electron chi connectivity index (χ3n) is 1.91. The average Bonchev–Trinajstić information content (AvgIpc) is 1.81. The molecule has 1 atom stereocenters. The van der Waals surface area contributed by atoms with Crippen LogP contribution in [0, 0.1) is 5.92 Å². The van der Waals surface area contributed by atoms with E-state index >= 15 is 0 Å². The van der Waals surface area contributed by atoms with Crippen molar-refractivity contribution >= 4 is 12.4 Å². The fourth-order valence-corrected chi connectivity index (χ4v) is 1.17. The van der Waals surface area contributed by atoms with Gasteiger partial charge in [-0.15, -0.1) is 12.4 Å². The molecular formula is C6H12ClF2NO. The second kappa shape index (κ2) is 3.65. The van der Waals surface area contributed by atoms with Crippen molar-refractivity contribution in [3.63, 3.8) is 0 Å². The van der Waals surface area contributed by atoms with E-state index in [1.165, 1.54) is 0 Å². The summed E-state index contributed by atoms with van der Waals surface area (Å²) in [4.78, 5) is 0. The maximum absolute atomic E-state index is 12.1. The molecule has 0 heterocycles. The fraction of sp³-hybridized carbons (Fsp3) is 1.00. The lowest BCUT2D eigenvalue weighted by atomic mass is 9.77. The molecule has 1 unspecified atom stereocenters. The molecule has 1 fully saturated rings. The van der Waals surface area contributed by atoms with Crippen molar-refractivity contribution in [2.45, 2.75) is 24.9 Å². The molecule has 0 saturated heterocycles. The molecule has 68 valence electrons. The van der Waals surface area contributed by atoms with Crippen molar-refractivity contribution in [3.8, 4) is 0 Å². The summed E-state index contributed by atoms with van der Waals surface area (Å²) in [5.41, 5.74) is 5.08. The van der Waals surface area contributed by atoms with E-state index in [-0.39, 0.29) is 37.7 Å². The number of alkyl halides is 2. The Morgan fingerprint density at radius 3 is 2.27 bits per heavy atom. The topological polar surface area (TPSA) is 46.2 Å². The molecule has 1 aliphatic carbocycles. The minimum Gasteiger partial charge on any atom is -0.392 e. The maximum Gasteiger partial charge on any atom is 0.248 e. The molecule has 0 aromatic heterocycles. The van der Waals surface area contributed by atoms with Crippen LogP contribution in [-0.2, 0) is 0 Å². The van der Waals surface area contributed by atoms with Crippen molar-refractivity contribution in [2.24, 2.45) is 11.7 Å². The highest BCUT2D eigenvalue weighted by Crippen LogP contribution is 2.43. The predicted molar refractivity (Wildman–Crippen MR) is 40.0 cm³/mol. The highest BCUT2D eigenvalue weighted by atomic mass is 35.5. The molecule has 11 heavy (non-hydrogen) atoms. The molecule has 0 amide bonds. The van der Waals surface area contributed by atoms with Crippen LogP contribution in [0.25, 0.3) is 0 Å². The van der Waals surface area contributed by atoms with Crippen LogP contribution in [-0.4, -0.2) is 23.7 Å². The Morgan fingerprint density at radius 1 is 1.55 bits per heavy atom. The van der Waals surface area contributed by atoms with Gasteiger partial charge in [-0.2, -0.15) is 0 Å². The van der Waals surface area contributed by atoms with Gasteiger partial charge in [0, 0.05) is 19.4 Å². The number of rotatable bonds is 2. The van der Waals surface area contributed by atoms with Gasteiger partial charge in [0.2, 0.25) is 5.92 Å².